The Hall–Kier alpha value is -3.92. The highest BCUT2D eigenvalue weighted by Crippen LogP contribution is 2.36. The zero-order valence-corrected chi connectivity index (χ0v) is 18.8. The van der Waals surface area contributed by atoms with Crippen LogP contribution in [0.25, 0.3) is 0 Å². The third-order valence-corrected chi connectivity index (χ3v) is 5.68. The predicted molar refractivity (Wildman–Crippen MR) is 121 cm³/mol. The van der Waals surface area contributed by atoms with E-state index in [0.29, 0.717) is 5.02 Å². The number of aryl methyl sites for hydroxylation is 1. The average molecular weight is 469 g/mol. The number of nitrogens with one attached hydrogen (secondary N) is 1. The lowest BCUT2D eigenvalue weighted by Gasteiger charge is -2.27. The first-order valence-electron chi connectivity index (χ1n) is 10.0. The van der Waals surface area contributed by atoms with Gasteiger partial charge >= 0.3 is 0 Å². The first-order valence-corrected chi connectivity index (χ1v) is 10.4. The van der Waals surface area contributed by atoms with Crippen LogP contribution in [0.5, 0.6) is 5.75 Å². The molecule has 0 radical (unpaired) electrons. The molecular formula is C22H21ClN6O4. The lowest BCUT2D eigenvalue weighted by molar-refractivity contribution is 0.101. The molecule has 0 aliphatic carbocycles. The smallest absolute Gasteiger partial charge is 0.296 e. The number of benzene rings is 1. The van der Waals surface area contributed by atoms with E-state index in [1.54, 1.807) is 10.7 Å². The van der Waals surface area contributed by atoms with Crippen molar-refractivity contribution >= 4 is 23.2 Å². The highest BCUT2D eigenvalue weighted by molar-refractivity contribution is 6.31. The molecule has 0 aliphatic heterocycles. The minimum Gasteiger partial charge on any atom is -0.501 e. The molecule has 4 aromatic rings. The maximum atomic E-state index is 12.8. The molecule has 0 fully saturated rings. The Kier molecular flexibility index (Phi) is 6.01. The third kappa shape index (κ3) is 4.24. The van der Waals surface area contributed by atoms with Crippen molar-refractivity contribution in [2.75, 3.05) is 5.32 Å². The molecule has 2 N–H and O–H groups in total. The molecule has 0 unspecified atom stereocenters. The highest BCUT2D eigenvalue weighted by atomic mass is 35.5. The molecule has 33 heavy (non-hydrogen) atoms. The Morgan fingerprint density at radius 2 is 2.03 bits per heavy atom. The van der Waals surface area contributed by atoms with Gasteiger partial charge in [-0.2, -0.15) is 5.10 Å². The third-order valence-electron chi connectivity index (χ3n) is 5.34. The van der Waals surface area contributed by atoms with Crippen molar-refractivity contribution in [1.29, 1.82) is 0 Å². The summed E-state index contributed by atoms with van der Waals surface area (Å²) >= 11 is 6.52. The summed E-state index contributed by atoms with van der Waals surface area (Å²) < 4.78 is 7.66. The van der Waals surface area contributed by atoms with Gasteiger partial charge < -0.3 is 14.9 Å². The molecule has 3 aromatic heterocycles. The monoisotopic (exact) mass is 468 g/mol. The first-order chi connectivity index (χ1) is 15.8. The van der Waals surface area contributed by atoms with Gasteiger partial charge in [0.05, 0.1) is 17.9 Å². The van der Waals surface area contributed by atoms with E-state index < -0.39 is 34.9 Å². The molecule has 10 nitrogen and oxygen atoms in total. The molecule has 0 saturated carbocycles. The Labute approximate surface area is 193 Å². The molecule has 1 aromatic carbocycles. The van der Waals surface area contributed by atoms with Gasteiger partial charge in [-0.05, 0) is 24.6 Å². The summed E-state index contributed by atoms with van der Waals surface area (Å²) in [6.45, 7) is 3.72. The van der Waals surface area contributed by atoms with Crippen LogP contribution in [0.3, 0.4) is 0 Å². The number of amides is 1. The van der Waals surface area contributed by atoms with Crippen molar-refractivity contribution in [3.63, 3.8) is 0 Å². The Bertz CT molecular complexity index is 1360. The van der Waals surface area contributed by atoms with Gasteiger partial charge in [0, 0.05) is 24.2 Å². The van der Waals surface area contributed by atoms with E-state index in [9.17, 15) is 14.7 Å². The zero-order chi connectivity index (χ0) is 23.7. The second-order valence-electron chi connectivity index (χ2n) is 7.59. The Morgan fingerprint density at radius 3 is 2.67 bits per heavy atom. The lowest BCUT2D eigenvalue weighted by Crippen LogP contribution is -2.30. The maximum absolute atomic E-state index is 12.8. The van der Waals surface area contributed by atoms with Crippen LogP contribution in [0.2, 0.25) is 5.02 Å². The van der Waals surface area contributed by atoms with Gasteiger partial charge in [-0.15, -0.1) is 0 Å². The largest absolute Gasteiger partial charge is 0.501 e. The predicted octanol–water partition coefficient (Wildman–Crippen LogP) is 3.28. The van der Waals surface area contributed by atoms with E-state index in [4.69, 9.17) is 16.1 Å². The molecule has 11 heteroatoms. The van der Waals surface area contributed by atoms with Gasteiger partial charge in [-0.25, -0.2) is 4.98 Å². The number of aromatic hydroxyl groups is 1. The molecule has 4 rings (SSSR count). The average Bonchev–Trinajstić information content (AvgIpc) is 3.45. The number of carbonyl (C=O) groups excluding carboxylic acids is 1. The van der Waals surface area contributed by atoms with Crippen LogP contribution < -0.4 is 10.9 Å². The minimum atomic E-state index is -0.772. The Balaban J connectivity index is 1.83. The molecule has 3 heterocycles. The standard InChI is InChI=1S/C22H21ClN6O4/c1-12-8-9-29(27-12)18(15-6-4-5-7-16(15)23)13(2)20-26-17(19(30)22(32)28(20)3)21(31)25-14-10-24-33-11-14/h4-11,13,18,30H,1-3H3,(H,25,31)/t13-,18+/m1/s1. The van der Waals surface area contributed by atoms with Crippen LogP contribution >= 0.6 is 11.6 Å². The lowest BCUT2D eigenvalue weighted by atomic mass is 9.93. The van der Waals surface area contributed by atoms with Crippen molar-refractivity contribution in [3.05, 3.63) is 87.1 Å². The van der Waals surface area contributed by atoms with Crippen LogP contribution in [0, 0.1) is 6.92 Å². The molecule has 0 saturated heterocycles. The summed E-state index contributed by atoms with van der Waals surface area (Å²) in [5.74, 6) is -1.73. The van der Waals surface area contributed by atoms with Crippen LogP contribution in [0.15, 0.2) is 58.3 Å². The summed E-state index contributed by atoms with van der Waals surface area (Å²) in [6.07, 6.45) is 4.32. The van der Waals surface area contributed by atoms with Gasteiger partial charge in [-0.1, -0.05) is 41.9 Å². The normalized spacial score (nSPS) is 13.0. The quantitative estimate of drug-likeness (QED) is 0.444. The number of hydrogen-bond acceptors (Lipinski definition) is 7. The molecule has 1 amide bonds. The van der Waals surface area contributed by atoms with Crippen molar-refractivity contribution in [2.45, 2.75) is 25.8 Å². The van der Waals surface area contributed by atoms with Crippen LogP contribution in [0.4, 0.5) is 5.69 Å². The van der Waals surface area contributed by atoms with Crippen molar-refractivity contribution in [2.24, 2.45) is 7.05 Å². The molecule has 0 aliphatic rings. The van der Waals surface area contributed by atoms with Crippen LogP contribution in [-0.4, -0.2) is 35.5 Å². The fourth-order valence-corrected chi connectivity index (χ4v) is 3.96. The molecule has 0 spiro atoms. The zero-order valence-electron chi connectivity index (χ0n) is 18.1. The van der Waals surface area contributed by atoms with Gasteiger partial charge in [0.1, 0.15) is 17.8 Å². The second kappa shape index (κ2) is 8.91. The second-order valence-corrected chi connectivity index (χ2v) is 8.00. The van der Waals surface area contributed by atoms with Gasteiger partial charge in [0.25, 0.3) is 11.5 Å². The summed E-state index contributed by atoms with van der Waals surface area (Å²) in [4.78, 5) is 29.9. The van der Waals surface area contributed by atoms with Gasteiger partial charge in [0.2, 0.25) is 5.75 Å². The number of hydrogen-bond donors (Lipinski definition) is 2. The van der Waals surface area contributed by atoms with Crippen molar-refractivity contribution in [1.82, 2.24) is 24.5 Å². The molecular weight excluding hydrogens is 448 g/mol. The SMILES string of the molecule is Cc1ccn([C@H](c2ccccc2Cl)[C@@H](C)c2nc(C(=O)Nc3cnoc3)c(O)c(=O)n2C)n1. The number of nitrogens with zero attached hydrogens (tertiary/aromatic N) is 5. The van der Waals surface area contributed by atoms with E-state index in [2.05, 4.69) is 20.6 Å². The van der Waals surface area contributed by atoms with E-state index in [1.165, 1.54) is 24.1 Å². The summed E-state index contributed by atoms with van der Waals surface area (Å²) in [6, 6.07) is 8.75. The highest BCUT2D eigenvalue weighted by Gasteiger charge is 2.31. The van der Waals surface area contributed by atoms with Crippen molar-refractivity contribution in [3.8, 4) is 5.75 Å². The summed E-state index contributed by atoms with van der Waals surface area (Å²) in [5, 5.41) is 21.4. The summed E-state index contributed by atoms with van der Waals surface area (Å²) in [7, 11) is 1.49. The number of carbonyl (C=O) groups is 1. The summed E-state index contributed by atoms with van der Waals surface area (Å²) in [5.41, 5.74) is 0.679. The first kappa shape index (κ1) is 22.3. The Morgan fingerprint density at radius 1 is 1.27 bits per heavy atom. The van der Waals surface area contributed by atoms with Gasteiger partial charge in [-0.3, -0.25) is 18.8 Å². The van der Waals surface area contributed by atoms with Gasteiger partial charge in [0.15, 0.2) is 5.69 Å². The van der Waals surface area contributed by atoms with Crippen molar-refractivity contribution < 1.29 is 14.4 Å². The van der Waals surface area contributed by atoms with E-state index in [0.717, 1.165) is 11.3 Å². The number of aromatic nitrogens is 5. The van der Waals surface area contributed by atoms with Crippen LogP contribution in [-0.2, 0) is 7.05 Å². The molecule has 0 bridgehead atoms. The minimum absolute atomic E-state index is 0.262. The maximum Gasteiger partial charge on any atom is 0.296 e. The van der Waals surface area contributed by atoms with E-state index in [-0.39, 0.29) is 11.5 Å². The molecule has 170 valence electrons. The topological polar surface area (TPSA) is 128 Å². The number of anilines is 1. The van der Waals surface area contributed by atoms with E-state index in [1.807, 2.05) is 44.3 Å². The number of rotatable bonds is 6. The fourth-order valence-electron chi connectivity index (χ4n) is 3.71. The van der Waals surface area contributed by atoms with Crippen LogP contribution in [0.1, 0.15) is 46.5 Å². The molecule has 2 atom stereocenters. The fraction of sp³-hybridized carbons (Fsp3) is 0.227. The number of halogens is 1. The van der Waals surface area contributed by atoms with E-state index >= 15 is 0 Å².